The highest BCUT2D eigenvalue weighted by Gasteiger charge is 2.33. The van der Waals surface area contributed by atoms with Crippen LogP contribution in [0.5, 0.6) is 5.75 Å². The van der Waals surface area contributed by atoms with E-state index in [9.17, 15) is 9.50 Å². The van der Waals surface area contributed by atoms with Gasteiger partial charge >= 0.3 is 0 Å². The number of hydrogen-bond acceptors (Lipinski definition) is 3. The summed E-state index contributed by atoms with van der Waals surface area (Å²) in [4.78, 5) is 2.37. The molecule has 0 aromatic heterocycles. The van der Waals surface area contributed by atoms with E-state index in [0.29, 0.717) is 0 Å². The Morgan fingerprint density at radius 3 is 2.70 bits per heavy atom. The van der Waals surface area contributed by atoms with Crippen LogP contribution < -0.4 is 5.32 Å². The molecule has 1 aromatic carbocycles. The maximum absolute atomic E-state index is 13.7. The van der Waals surface area contributed by atoms with Crippen molar-refractivity contribution in [3.8, 4) is 5.75 Å². The van der Waals surface area contributed by atoms with Gasteiger partial charge in [-0.3, -0.25) is 4.90 Å². The second-order valence-corrected chi connectivity index (χ2v) is 6.63. The largest absolute Gasteiger partial charge is 0.505 e. The molecule has 1 saturated heterocycles. The van der Waals surface area contributed by atoms with E-state index in [0.717, 1.165) is 48.6 Å². The van der Waals surface area contributed by atoms with Gasteiger partial charge in [-0.2, -0.15) is 0 Å². The third kappa shape index (κ3) is 3.00. The lowest BCUT2D eigenvalue weighted by Crippen LogP contribution is -2.45. The Labute approximate surface area is 127 Å². The molecule has 0 spiro atoms. The monoisotopic (exact) mass is 342 g/mol. The number of nitrogens with one attached hydrogen (secondary N) is 1. The van der Waals surface area contributed by atoms with Gasteiger partial charge in [0.2, 0.25) is 0 Å². The number of halogens is 2. The second-order valence-electron chi connectivity index (χ2n) is 5.77. The Balaban J connectivity index is 1.93. The molecule has 0 amide bonds. The molecule has 1 atom stereocenters. The van der Waals surface area contributed by atoms with Gasteiger partial charge in [0.1, 0.15) is 0 Å². The number of benzene rings is 1. The van der Waals surface area contributed by atoms with Crippen molar-refractivity contribution in [1.82, 2.24) is 10.2 Å². The molecule has 20 heavy (non-hydrogen) atoms. The van der Waals surface area contributed by atoms with Crippen molar-refractivity contribution >= 4 is 15.9 Å². The Morgan fingerprint density at radius 2 is 2.05 bits per heavy atom. The maximum Gasteiger partial charge on any atom is 0.165 e. The molecular formula is C15H20BrFN2O. The topological polar surface area (TPSA) is 35.5 Å². The van der Waals surface area contributed by atoms with Crippen molar-refractivity contribution in [2.24, 2.45) is 5.92 Å². The van der Waals surface area contributed by atoms with Crippen molar-refractivity contribution in [2.45, 2.75) is 25.3 Å². The number of piperazine rings is 1. The fourth-order valence-electron chi connectivity index (χ4n) is 2.99. The molecule has 5 heteroatoms. The maximum atomic E-state index is 13.7. The summed E-state index contributed by atoms with van der Waals surface area (Å²) < 4.78 is 14.5. The van der Waals surface area contributed by atoms with Gasteiger partial charge in [0.15, 0.2) is 11.6 Å². The normalized spacial score (nSPS) is 21.9. The van der Waals surface area contributed by atoms with Crippen LogP contribution in [0.4, 0.5) is 4.39 Å². The quantitative estimate of drug-likeness (QED) is 0.882. The van der Waals surface area contributed by atoms with E-state index in [2.05, 4.69) is 26.1 Å². The lowest BCUT2D eigenvalue weighted by Gasteiger charge is -2.36. The van der Waals surface area contributed by atoms with Crippen LogP contribution in [0.2, 0.25) is 0 Å². The van der Waals surface area contributed by atoms with E-state index < -0.39 is 5.82 Å². The zero-order valence-corrected chi connectivity index (χ0v) is 13.0. The summed E-state index contributed by atoms with van der Waals surface area (Å²) in [5.41, 5.74) is 0.721. The summed E-state index contributed by atoms with van der Waals surface area (Å²) in [6.45, 7) is 3.79. The van der Waals surface area contributed by atoms with Crippen LogP contribution >= 0.6 is 15.9 Å². The van der Waals surface area contributed by atoms with Gasteiger partial charge in [-0.25, -0.2) is 4.39 Å². The molecule has 2 fully saturated rings. The van der Waals surface area contributed by atoms with Crippen molar-refractivity contribution in [3.63, 3.8) is 0 Å². The number of hydrogen-bond donors (Lipinski definition) is 2. The van der Waals surface area contributed by atoms with E-state index >= 15 is 0 Å². The average molecular weight is 343 g/mol. The summed E-state index contributed by atoms with van der Waals surface area (Å²) in [7, 11) is 0. The van der Waals surface area contributed by atoms with Crippen molar-refractivity contribution in [2.75, 3.05) is 26.2 Å². The van der Waals surface area contributed by atoms with Gasteiger partial charge in [-0.1, -0.05) is 28.8 Å². The first-order chi connectivity index (χ1) is 9.66. The van der Waals surface area contributed by atoms with Crippen LogP contribution in [0.3, 0.4) is 0 Å². The van der Waals surface area contributed by atoms with Crippen molar-refractivity contribution in [1.29, 1.82) is 0 Å². The molecule has 0 unspecified atom stereocenters. The Hall–Kier alpha value is -0.650. The van der Waals surface area contributed by atoms with Gasteiger partial charge in [0.25, 0.3) is 0 Å². The van der Waals surface area contributed by atoms with E-state index in [1.807, 2.05) is 0 Å². The summed E-state index contributed by atoms with van der Waals surface area (Å²) in [5, 5.41) is 13.5. The summed E-state index contributed by atoms with van der Waals surface area (Å²) in [5.74, 6) is 0.00661. The molecule has 1 heterocycles. The Bertz CT molecular complexity index is 487. The molecule has 3 nitrogen and oxygen atoms in total. The highest BCUT2D eigenvalue weighted by Crippen LogP contribution is 2.45. The molecule has 110 valence electrons. The first-order valence-electron chi connectivity index (χ1n) is 7.28. The molecule has 0 bridgehead atoms. The van der Waals surface area contributed by atoms with Crippen LogP contribution in [-0.4, -0.2) is 36.2 Å². The van der Waals surface area contributed by atoms with Gasteiger partial charge in [-0.15, -0.1) is 0 Å². The average Bonchev–Trinajstić information content (AvgIpc) is 3.27. The fraction of sp³-hybridized carbons (Fsp3) is 0.600. The van der Waals surface area contributed by atoms with Crippen LogP contribution in [-0.2, 0) is 0 Å². The lowest BCUT2D eigenvalue weighted by atomic mass is 9.97. The van der Waals surface area contributed by atoms with E-state index in [-0.39, 0.29) is 11.8 Å². The van der Waals surface area contributed by atoms with Gasteiger partial charge in [0, 0.05) is 42.3 Å². The minimum Gasteiger partial charge on any atom is -0.505 e. The van der Waals surface area contributed by atoms with E-state index in [1.54, 1.807) is 6.07 Å². The molecule has 1 saturated carbocycles. The number of nitrogens with zero attached hydrogens (tertiary/aromatic N) is 1. The van der Waals surface area contributed by atoms with Crippen LogP contribution in [0, 0.1) is 11.7 Å². The van der Waals surface area contributed by atoms with Crippen LogP contribution in [0.1, 0.15) is 30.9 Å². The number of phenolic OH excluding ortho intramolecular Hbond substituents is 1. The highest BCUT2D eigenvalue weighted by molar-refractivity contribution is 9.10. The fourth-order valence-corrected chi connectivity index (χ4v) is 3.57. The first-order valence-corrected chi connectivity index (χ1v) is 8.07. The minimum absolute atomic E-state index is 0.106. The molecule has 1 aromatic rings. The summed E-state index contributed by atoms with van der Waals surface area (Å²) in [6.07, 6.45) is 3.53. The standard InChI is InChI=1S/C15H20BrFN2O/c16-11-3-4-12(17)15(20)14(11)13(9-10-1-2-10)19-7-5-18-6-8-19/h3-4,10,13,18,20H,1-2,5-9H2/t13-/m1/s1. The second kappa shape index (κ2) is 6.00. The third-order valence-electron chi connectivity index (χ3n) is 4.29. The molecule has 0 radical (unpaired) electrons. The van der Waals surface area contributed by atoms with E-state index in [4.69, 9.17) is 0 Å². The Morgan fingerprint density at radius 1 is 1.35 bits per heavy atom. The number of rotatable bonds is 4. The van der Waals surface area contributed by atoms with Crippen molar-refractivity contribution in [3.05, 3.63) is 28.0 Å². The number of aromatic hydroxyl groups is 1. The Kier molecular flexibility index (Phi) is 4.29. The first kappa shape index (κ1) is 14.3. The number of phenols is 1. The molecular weight excluding hydrogens is 323 g/mol. The van der Waals surface area contributed by atoms with Crippen molar-refractivity contribution < 1.29 is 9.50 Å². The van der Waals surface area contributed by atoms with E-state index in [1.165, 1.54) is 18.9 Å². The van der Waals surface area contributed by atoms with Crippen LogP contribution in [0.25, 0.3) is 0 Å². The molecule has 2 aliphatic rings. The third-order valence-corrected chi connectivity index (χ3v) is 4.99. The SMILES string of the molecule is Oc1c(F)ccc(Br)c1[C@@H](CC1CC1)N1CCNCC1. The molecule has 1 aliphatic carbocycles. The molecule has 1 aliphatic heterocycles. The zero-order valence-electron chi connectivity index (χ0n) is 11.4. The van der Waals surface area contributed by atoms with Crippen LogP contribution in [0.15, 0.2) is 16.6 Å². The molecule has 2 N–H and O–H groups in total. The lowest BCUT2D eigenvalue weighted by molar-refractivity contribution is 0.157. The highest BCUT2D eigenvalue weighted by atomic mass is 79.9. The predicted molar refractivity (Wildman–Crippen MR) is 80.3 cm³/mol. The van der Waals surface area contributed by atoms with Gasteiger partial charge in [-0.05, 0) is 24.5 Å². The summed E-state index contributed by atoms with van der Waals surface area (Å²) >= 11 is 3.49. The van der Waals surface area contributed by atoms with Gasteiger partial charge in [0.05, 0.1) is 0 Å². The van der Waals surface area contributed by atoms with Gasteiger partial charge < -0.3 is 10.4 Å². The minimum atomic E-state index is -0.529. The smallest absolute Gasteiger partial charge is 0.165 e. The summed E-state index contributed by atoms with van der Waals surface area (Å²) in [6, 6.07) is 3.12. The zero-order chi connectivity index (χ0) is 14.1. The predicted octanol–water partition coefficient (Wildman–Crippen LogP) is 3.04. The molecule has 3 rings (SSSR count).